The van der Waals surface area contributed by atoms with Gasteiger partial charge in [0.25, 0.3) is 0 Å². The van der Waals surface area contributed by atoms with Gasteiger partial charge in [-0.1, -0.05) is 6.92 Å². The summed E-state index contributed by atoms with van der Waals surface area (Å²) in [4.78, 5) is 13.2. The van der Waals surface area contributed by atoms with Crippen molar-refractivity contribution in [3.05, 3.63) is 0 Å². The largest absolute Gasteiger partial charge is 0.380 e. The number of ether oxygens (including phenoxy) is 1. The molecule has 3 N–H and O–H groups in total. The lowest BCUT2D eigenvalue weighted by Gasteiger charge is -2.36. The number of carbonyl (C=O) groups excluding carboxylic acids is 1. The Morgan fingerprint density at radius 2 is 2.40 bits per heavy atom. The summed E-state index contributed by atoms with van der Waals surface area (Å²) in [5, 5.41) is 0. The molecule has 1 aliphatic heterocycles. The van der Waals surface area contributed by atoms with E-state index in [2.05, 4.69) is 17.2 Å². The van der Waals surface area contributed by atoms with Crippen LogP contribution in [0.4, 0.5) is 0 Å². The first-order valence-electron chi connectivity index (χ1n) is 5.42. The Bertz CT molecular complexity index is 211. The summed E-state index contributed by atoms with van der Waals surface area (Å²) in [5.41, 5.74) is 2.14. The summed E-state index contributed by atoms with van der Waals surface area (Å²) in [7, 11) is 1.75. The summed E-state index contributed by atoms with van der Waals surface area (Å²) >= 11 is 0. The van der Waals surface area contributed by atoms with E-state index in [-0.39, 0.29) is 5.91 Å². The highest BCUT2D eigenvalue weighted by atomic mass is 16.5. The Labute approximate surface area is 90.9 Å². The molecule has 0 aromatic heterocycles. The second kappa shape index (κ2) is 6.05. The lowest BCUT2D eigenvalue weighted by Crippen LogP contribution is -2.45. The van der Waals surface area contributed by atoms with Crippen molar-refractivity contribution in [2.45, 2.75) is 25.9 Å². The van der Waals surface area contributed by atoms with Crippen LogP contribution >= 0.6 is 0 Å². The van der Waals surface area contributed by atoms with Crippen LogP contribution in [0.1, 0.15) is 19.8 Å². The van der Waals surface area contributed by atoms with E-state index >= 15 is 0 Å². The SMILES string of the molecule is COC1CN(CCC(=O)NN)CCC1C. The van der Waals surface area contributed by atoms with Gasteiger partial charge in [0.1, 0.15) is 0 Å². The van der Waals surface area contributed by atoms with Crippen LogP contribution in [0.2, 0.25) is 0 Å². The number of hydrogen-bond acceptors (Lipinski definition) is 4. The van der Waals surface area contributed by atoms with Gasteiger partial charge in [0.2, 0.25) is 5.91 Å². The van der Waals surface area contributed by atoms with E-state index < -0.39 is 0 Å². The molecule has 0 bridgehead atoms. The third kappa shape index (κ3) is 3.77. The van der Waals surface area contributed by atoms with E-state index in [1.807, 2.05) is 0 Å². The van der Waals surface area contributed by atoms with Crippen LogP contribution in [-0.4, -0.2) is 43.7 Å². The van der Waals surface area contributed by atoms with Gasteiger partial charge in [0, 0.05) is 26.6 Å². The number of carbonyl (C=O) groups is 1. The van der Waals surface area contributed by atoms with Crippen molar-refractivity contribution in [3.8, 4) is 0 Å². The fraction of sp³-hybridized carbons (Fsp3) is 0.900. The fourth-order valence-corrected chi connectivity index (χ4v) is 1.94. The smallest absolute Gasteiger partial charge is 0.235 e. The third-order valence-electron chi connectivity index (χ3n) is 3.09. The van der Waals surface area contributed by atoms with Gasteiger partial charge in [0.15, 0.2) is 0 Å². The molecule has 5 nitrogen and oxygen atoms in total. The number of methoxy groups -OCH3 is 1. The molecule has 1 saturated heterocycles. The number of nitrogens with one attached hydrogen (secondary N) is 1. The van der Waals surface area contributed by atoms with Gasteiger partial charge in [-0.05, 0) is 18.9 Å². The van der Waals surface area contributed by atoms with Gasteiger partial charge >= 0.3 is 0 Å². The molecule has 0 spiro atoms. The number of piperidine rings is 1. The summed E-state index contributed by atoms with van der Waals surface area (Å²) in [6, 6.07) is 0. The van der Waals surface area contributed by atoms with E-state index in [1.165, 1.54) is 0 Å². The van der Waals surface area contributed by atoms with Crippen molar-refractivity contribution in [1.82, 2.24) is 10.3 Å². The molecule has 1 aliphatic rings. The van der Waals surface area contributed by atoms with E-state index in [4.69, 9.17) is 10.6 Å². The number of hydrazine groups is 1. The van der Waals surface area contributed by atoms with Crippen molar-refractivity contribution in [1.29, 1.82) is 0 Å². The third-order valence-corrected chi connectivity index (χ3v) is 3.09. The molecule has 0 aromatic rings. The Kier molecular flexibility index (Phi) is 5.01. The predicted molar refractivity (Wildman–Crippen MR) is 58.0 cm³/mol. The molecule has 0 aromatic carbocycles. The Hall–Kier alpha value is -0.650. The molecular weight excluding hydrogens is 194 g/mol. The zero-order valence-electron chi connectivity index (χ0n) is 9.53. The van der Waals surface area contributed by atoms with Crippen LogP contribution in [-0.2, 0) is 9.53 Å². The maximum atomic E-state index is 11.0. The number of likely N-dealkylation sites (tertiary alicyclic amines) is 1. The summed E-state index contributed by atoms with van der Waals surface area (Å²) in [6.07, 6.45) is 1.88. The number of amides is 1. The number of nitrogens with zero attached hydrogens (tertiary/aromatic N) is 1. The van der Waals surface area contributed by atoms with Gasteiger partial charge in [-0.15, -0.1) is 0 Å². The van der Waals surface area contributed by atoms with Crippen molar-refractivity contribution in [3.63, 3.8) is 0 Å². The fourth-order valence-electron chi connectivity index (χ4n) is 1.94. The lowest BCUT2D eigenvalue weighted by molar-refractivity contribution is -0.121. The monoisotopic (exact) mass is 215 g/mol. The first kappa shape index (κ1) is 12.4. The summed E-state index contributed by atoms with van der Waals surface area (Å²) < 4.78 is 5.40. The minimum Gasteiger partial charge on any atom is -0.380 e. The quantitative estimate of drug-likeness (QED) is 0.384. The van der Waals surface area contributed by atoms with Crippen LogP contribution in [0.15, 0.2) is 0 Å². The molecule has 1 rings (SSSR count). The zero-order valence-corrected chi connectivity index (χ0v) is 9.53. The zero-order chi connectivity index (χ0) is 11.3. The normalized spacial score (nSPS) is 27.7. The van der Waals surface area contributed by atoms with Crippen LogP contribution < -0.4 is 11.3 Å². The summed E-state index contributed by atoms with van der Waals surface area (Å²) in [5.74, 6) is 5.52. The molecule has 15 heavy (non-hydrogen) atoms. The maximum absolute atomic E-state index is 11.0. The Morgan fingerprint density at radius 1 is 1.67 bits per heavy atom. The van der Waals surface area contributed by atoms with E-state index in [9.17, 15) is 4.79 Å². The van der Waals surface area contributed by atoms with Crippen LogP contribution in [0.3, 0.4) is 0 Å². The topological polar surface area (TPSA) is 67.6 Å². The average molecular weight is 215 g/mol. The number of hydrogen-bond donors (Lipinski definition) is 2. The molecule has 1 heterocycles. The Morgan fingerprint density at radius 3 is 3.00 bits per heavy atom. The van der Waals surface area contributed by atoms with Gasteiger partial charge in [-0.2, -0.15) is 0 Å². The minimum atomic E-state index is -0.109. The highest BCUT2D eigenvalue weighted by Crippen LogP contribution is 2.19. The van der Waals surface area contributed by atoms with Crippen molar-refractivity contribution >= 4 is 5.91 Å². The van der Waals surface area contributed by atoms with E-state index in [0.717, 1.165) is 26.1 Å². The molecule has 2 unspecified atom stereocenters. The molecule has 1 fully saturated rings. The first-order chi connectivity index (χ1) is 7.17. The minimum absolute atomic E-state index is 0.109. The Balaban J connectivity index is 2.29. The van der Waals surface area contributed by atoms with Crippen LogP contribution in [0.5, 0.6) is 0 Å². The van der Waals surface area contributed by atoms with Crippen LogP contribution in [0.25, 0.3) is 0 Å². The summed E-state index contributed by atoms with van der Waals surface area (Å²) in [6.45, 7) is 4.92. The highest BCUT2D eigenvalue weighted by molar-refractivity contribution is 5.75. The molecule has 1 amide bonds. The average Bonchev–Trinajstić information content (AvgIpc) is 2.27. The van der Waals surface area contributed by atoms with Crippen molar-refractivity contribution in [2.24, 2.45) is 11.8 Å². The standard InChI is InChI=1S/C10H21N3O2/c1-8-3-5-13(7-9(8)15-2)6-4-10(14)12-11/h8-9H,3-7,11H2,1-2H3,(H,12,14). The maximum Gasteiger partial charge on any atom is 0.235 e. The van der Waals surface area contributed by atoms with Gasteiger partial charge in [-0.25, -0.2) is 5.84 Å². The van der Waals surface area contributed by atoms with E-state index in [1.54, 1.807) is 7.11 Å². The van der Waals surface area contributed by atoms with E-state index in [0.29, 0.717) is 18.4 Å². The number of rotatable bonds is 4. The van der Waals surface area contributed by atoms with Crippen LogP contribution in [0, 0.1) is 5.92 Å². The highest BCUT2D eigenvalue weighted by Gasteiger charge is 2.25. The molecular formula is C10H21N3O2. The second-order valence-electron chi connectivity index (χ2n) is 4.16. The molecule has 0 radical (unpaired) electrons. The predicted octanol–water partition coefficient (Wildman–Crippen LogP) is -0.277. The second-order valence-corrected chi connectivity index (χ2v) is 4.16. The molecule has 88 valence electrons. The van der Waals surface area contributed by atoms with Gasteiger partial charge < -0.3 is 9.64 Å². The molecule has 5 heteroatoms. The van der Waals surface area contributed by atoms with Crippen molar-refractivity contribution < 1.29 is 9.53 Å². The van der Waals surface area contributed by atoms with Gasteiger partial charge in [-0.3, -0.25) is 10.2 Å². The first-order valence-corrected chi connectivity index (χ1v) is 5.42. The number of nitrogens with two attached hydrogens (primary N) is 1. The van der Waals surface area contributed by atoms with Crippen molar-refractivity contribution in [2.75, 3.05) is 26.7 Å². The van der Waals surface area contributed by atoms with Gasteiger partial charge in [0.05, 0.1) is 6.10 Å². The lowest BCUT2D eigenvalue weighted by atomic mass is 9.96. The molecule has 2 atom stereocenters. The molecule has 0 saturated carbocycles. The molecule has 0 aliphatic carbocycles.